The fourth-order valence-corrected chi connectivity index (χ4v) is 4.39. The molecular formula is C15H21NO2S. The summed E-state index contributed by atoms with van der Waals surface area (Å²) in [5, 5.41) is 4.25. The Morgan fingerprint density at radius 1 is 1.21 bits per heavy atom. The van der Waals surface area contributed by atoms with Crippen LogP contribution in [0.4, 0.5) is 0 Å². The summed E-state index contributed by atoms with van der Waals surface area (Å²) in [5.41, 5.74) is 1.38. The molecule has 1 N–H and O–H groups in total. The molecule has 104 valence electrons. The Morgan fingerprint density at radius 3 is 2.63 bits per heavy atom. The molecule has 0 fully saturated rings. The van der Waals surface area contributed by atoms with Crippen LogP contribution in [0, 0.1) is 0 Å². The second-order valence-corrected chi connectivity index (χ2v) is 6.30. The summed E-state index contributed by atoms with van der Waals surface area (Å²) in [7, 11) is 0. The number of fused-ring (bicyclic) bond motifs is 2. The van der Waals surface area contributed by atoms with E-state index in [-0.39, 0.29) is 0 Å². The number of thioether (sulfide) groups is 1. The fraction of sp³-hybridized carbons (Fsp3) is 0.600. The van der Waals surface area contributed by atoms with Gasteiger partial charge < -0.3 is 14.8 Å². The summed E-state index contributed by atoms with van der Waals surface area (Å²) < 4.78 is 11.4. The first-order valence-electron chi connectivity index (χ1n) is 7.17. The maximum absolute atomic E-state index is 5.71. The second-order valence-electron chi connectivity index (χ2n) is 5.01. The van der Waals surface area contributed by atoms with E-state index < -0.39 is 0 Å². The molecule has 2 aliphatic rings. The Morgan fingerprint density at radius 2 is 1.95 bits per heavy atom. The molecule has 2 aliphatic heterocycles. The van der Waals surface area contributed by atoms with Crippen molar-refractivity contribution in [2.45, 2.75) is 42.9 Å². The molecule has 0 saturated carbocycles. The van der Waals surface area contributed by atoms with Gasteiger partial charge in [0.1, 0.15) is 13.2 Å². The molecule has 0 spiro atoms. The normalized spacial score (nSPS) is 24.3. The zero-order valence-corrected chi connectivity index (χ0v) is 12.4. The minimum Gasteiger partial charge on any atom is -0.486 e. The van der Waals surface area contributed by atoms with E-state index in [1.165, 1.54) is 23.3 Å². The van der Waals surface area contributed by atoms with Gasteiger partial charge >= 0.3 is 0 Å². The molecule has 0 aliphatic carbocycles. The Labute approximate surface area is 119 Å². The number of rotatable bonds is 4. The van der Waals surface area contributed by atoms with Gasteiger partial charge in [0, 0.05) is 16.2 Å². The topological polar surface area (TPSA) is 30.5 Å². The van der Waals surface area contributed by atoms with Gasteiger partial charge in [-0.3, -0.25) is 0 Å². The molecule has 4 heteroatoms. The zero-order valence-electron chi connectivity index (χ0n) is 11.6. The molecule has 19 heavy (non-hydrogen) atoms. The minimum atomic E-state index is 0.445. The number of ether oxygens (including phenoxy) is 2. The highest BCUT2D eigenvalue weighted by molar-refractivity contribution is 8.00. The predicted octanol–water partition coefficient (Wildman–Crippen LogP) is 3.38. The van der Waals surface area contributed by atoms with E-state index in [1.807, 2.05) is 11.8 Å². The van der Waals surface area contributed by atoms with Crippen molar-refractivity contribution in [3.8, 4) is 11.5 Å². The van der Waals surface area contributed by atoms with Crippen LogP contribution in [0.3, 0.4) is 0 Å². The van der Waals surface area contributed by atoms with Gasteiger partial charge in [-0.15, -0.1) is 11.8 Å². The van der Waals surface area contributed by atoms with Crippen LogP contribution >= 0.6 is 11.8 Å². The van der Waals surface area contributed by atoms with Gasteiger partial charge in [0.25, 0.3) is 0 Å². The quantitative estimate of drug-likeness (QED) is 0.915. The van der Waals surface area contributed by atoms with Crippen LogP contribution in [-0.2, 0) is 0 Å². The van der Waals surface area contributed by atoms with Crippen LogP contribution in [0.1, 0.15) is 38.3 Å². The molecule has 3 rings (SSSR count). The lowest BCUT2D eigenvalue weighted by Gasteiger charge is -2.22. The number of benzene rings is 1. The highest BCUT2D eigenvalue weighted by atomic mass is 32.2. The molecule has 1 aromatic rings. The Balaban J connectivity index is 1.93. The summed E-state index contributed by atoms with van der Waals surface area (Å²) in [6.07, 6.45) is 2.46. The summed E-state index contributed by atoms with van der Waals surface area (Å²) >= 11 is 1.98. The van der Waals surface area contributed by atoms with E-state index in [0.29, 0.717) is 24.5 Å². The van der Waals surface area contributed by atoms with Crippen LogP contribution in [0.25, 0.3) is 0 Å². The van der Waals surface area contributed by atoms with Crippen molar-refractivity contribution in [3.63, 3.8) is 0 Å². The van der Waals surface area contributed by atoms with Crippen molar-refractivity contribution in [1.29, 1.82) is 0 Å². The van der Waals surface area contributed by atoms with Crippen LogP contribution in [0.5, 0.6) is 11.5 Å². The van der Waals surface area contributed by atoms with Gasteiger partial charge in [-0.05, 0) is 30.7 Å². The first kappa shape index (κ1) is 13.1. The first-order valence-corrected chi connectivity index (χ1v) is 8.05. The Kier molecular flexibility index (Phi) is 3.89. The first-order chi connectivity index (χ1) is 9.33. The standard InChI is InChI=1S/C15H21NO2S/c1-3-5-13-15(16-4-2)10-8-11-12(9-14(10)19-13)18-7-6-17-11/h8-9,13,15-16H,3-7H2,1-2H3. The number of hydrogen-bond acceptors (Lipinski definition) is 4. The van der Waals surface area contributed by atoms with E-state index in [0.717, 1.165) is 18.0 Å². The molecule has 2 unspecified atom stereocenters. The van der Waals surface area contributed by atoms with Gasteiger partial charge in [0.2, 0.25) is 0 Å². The van der Waals surface area contributed by atoms with Crippen molar-refractivity contribution in [2.75, 3.05) is 19.8 Å². The van der Waals surface area contributed by atoms with Crippen molar-refractivity contribution in [1.82, 2.24) is 5.32 Å². The smallest absolute Gasteiger partial charge is 0.162 e. The lowest BCUT2D eigenvalue weighted by Crippen LogP contribution is -2.27. The molecule has 0 aromatic heterocycles. The summed E-state index contributed by atoms with van der Waals surface area (Å²) in [6.45, 7) is 6.74. The molecule has 2 heterocycles. The average Bonchev–Trinajstić information content (AvgIpc) is 2.75. The maximum atomic E-state index is 5.71. The van der Waals surface area contributed by atoms with Gasteiger partial charge in [-0.1, -0.05) is 20.3 Å². The van der Waals surface area contributed by atoms with Crippen LogP contribution in [0.2, 0.25) is 0 Å². The molecule has 0 bridgehead atoms. The van der Waals surface area contributed by atoms with E-state index in [9.17, 15) is 0 Å². The number of nitrogens with one attached hydrogen (secondary N) is 1. The third-order valence-electron chi connectivity index (χ3n) is 3.66. The molecule has 3 nitrogen and oxygen atoms in total. The van der Waals surface area contributed by atoms with Gasteiger partial charge in [0.05, 0.1) is 0 Å². The molecule has 0 saturated heterocycles. The van der Waals surface area contributed by atoms with E-state index in [2.05, 4.69) is 31.3 Å². The average molecular weight is 279 g/mol. The number of hydrogen-bond donors (Lipinski definition) is 1. The van der Waals surface area contributed by atoms with Crippen LogP contribution in [-0.4, -0.2) is 25.0 Å². The molecule has 1 aromatic carbocycles. The van der Waals surface area contributed by atoms with Crippen molar-refractivity contribution in [3.05, 3.63) is 17.7 Å². The fourth-order valence-electron chi connectivity index (χ4n) is 2.83. The van der Waals surface area contributed by atoms with Gasteiger partial charge in [0.15, 0.2) is 11.5 Å². The van der Waals surface area contributed by atoms with E-state index >= 15 is 0 Å². The zero-order chi connectivity index (χ0) is 13.2. The minimum absolute atomic E-state index is 0.445. The van der Waals surface area contributed by atoms with E-state index in [4.69, 9.17) is 9.47 Å². The molecule has 0 amide bonds. The highest BCUT2D eigenvalue weighted by Crippen LogP contribution is 2.50. The van der Waals surface area contributed by atoms with Crippen molar-refractivity contribution >= 4 is 11.8 Å². The lowest BCUT2D eigenvalue weighted by atomic mass is 10.0. The monoisotopic (exact) mass is 279 g/mol. The molecule has 2 atom stereocenters. The largest absolute Gasteiger partial charge is 0.486 e. The van der Waals surface area contributed by atoms with Crippen LogP contribution in [0.15, 0.2) is 17.0 Å². The summed E-state index contributed by atoms with van der Waals surface area (Å²) in [5.74, 6) is 1.82. The van der Waals surface area contributed by atoms with Crippen LogP contribution < -0.4 is 14.8 Å². The molecular weight excluding hydrogens is 258 g/mol. The van der Waals surface area contributed by atoms with E-state index in [1.54, 1.807) is 0 Å². The Hall–Kier alpha value is -0.870. The lowest BCUT2D eigenvalue weighted by molar-refractivity contribution is 0.170. The predicted molar refractivity (Wildman–Crippen MR) is 78.4 cm³/mol. The molecule has 0 radical (unpaired) electrons. The summed E-state index contributed by atoms with van der Waals surface area (Å²) in [6, 6.07) is 4.79. The van der Waals surface area contributed by atoms with Crippen molar-refractivity contribution < 1.29 is 9.47 Å². The second kappa shape index (κ2) is 5.63. The highest BCUT2D eigenvalue weighted by Gasteiger charge is 2.34. The SMILES string of the molecule is CCCC1Sc2cc3c(cc2C1NCC)OCCO3. The maximum Gasteiger partial charge on any atom is 0.162 e. The summed E-state index contributed by atoms with van der Waals surface area (Å²) in [4.78, 5) is 1.36. The van der Waals surface area contributed by atoms with Crippen molar-refractivity contribution in [2.24, 2.45) is 0 Å². The van der Waals surface area contributed by atoms with Gasteiger partial charge in [-0.2, -0.15) is 0 Å². The Bertz CT molecular complexity index is 464. The third kappa shape index (κ3) is 2.43. The third-order valence-corrected chi connectivity index (χ3v) is 5.08. The van der Waals surface area contributed by atoms with Gasteiger partial charge in [-0.25, -0.2) is 0 Å².